The second-order valence-corrected chi connectivity index (χ2v) is 32.2. The Labute approximate surface area is 602 Å². The number of hydrogen-bond acceptors (Lipinski definition) is 4. The van der Waals surface area contributed by atoms with E-state index >= 15 is 0 Å². The summed E-state index contributed by atoms with van der Waals surface area (Å²) in [6.45, 7) is 27.6. The molecule has 0 aliphatic carbocycles. The molecule has 2 aromatic heterocycles. The highest BCUT2D eigenvalue weighted by Crippen LogP contribution is 2.49. The van der Waals surface area contributed by atoms with Gasteiger partial charge in [-0.2, -0.15) is 0 Å². The smallest absolute Gasteiger partial charge is 0.252 e. The van der Waals surface area contributed by atoms with E-state index in [2.05, 4.69) is 411 Å². The highest BCUT2D eigenvalue weighted by Gasteiger charge is 2.44. The zero-order valence-electron chi connectivity index (χ0n) is 60.6. The van der Waals surface area contributed by atoms with E-state index in [9.17, 15) is 0 Å². The Kier molecular flexibility index (Phi) is 15.3. The number of para-hydroxylation sites is 5. The van der Waals surface area contributed by atoms with E-state index in [0.29, 0.717) is 0 Å². The van der Waals surface area contributed by atoms with Crippen LogP contribution >= 0.6 is 0 Å². The van der Waals surface area contributed by atoms with Crippen LogP contribution in [-0.2, 0) is 21.7 Å². The fraction of sp³-hybridized carbons (Fsp3) is 0.170. The molecule has 1 N–H and O–H groups in total. The van der Waals surface area contributed by atoms with Gasteiger partial charge in [0.05, 0.1) is 33.4 Å². The summed E-state index contributed by atoms with van der Waals surface area (Å²) in [5, 5.41) is 9.13. The number of aromatic nitrogens is 2. The molecule has 0 amide bonds. The van der Waals surface area contributed by atoms with Crippen molar-refractivity contribution >= 4 is 137 Å². The highest BCUT2D eigenvalue weighted by molar-refractivity contribution is 6.95. The lowest BCUT2D eigenvalue weighted by Gasteiger charge is -2.44. The fourth-order valence-corrected chi connectivity index (χ4v) is 16.0. The van der Waals surface area contributed by atoms with Crippen molar-refractivity contribution < 1.29 is 0 Å². The first kappa shape index (κ1) is 64.2. The Morgan fingerprint density at radius 2 is 0.725 bits per heavy atom. The van der Waals surface area contributed by atoms with Crippen LogP contribution in [0.25, 0.3) is 61.1 Å². The molecule has 0 saturated carbocycles. The number of nitrogens with zero attached hydrogens (tertiary/aromatic N) is 5. The standard InChI is InChI=1S/C94H85B2N6/c1-91(2,3)62-42-47-79-71(53-62)72-54-63(92(4,5)6)43-48-80(72)101(79)69-57-78(89-86(58-69)98(66-31-19-14-20-32-66)83-39-27-25-37-75(83)95-89)97-52-51-85-77(46-41-61-29-17-13-18-30-61)96-76-38-26-28-40-84(76)99(67-33-21-15-22-34-67)87-59-70(60-88(90(87)96)100(85)68-35-23-16-24-36-68)102-81-49-44-64(93(7,8)9)55-73(81)74-56-65(94(10,11)12)45-50-82(74)102/h13-60,97H,1-12H3/b46-41-,52-51+. The average molecular weight is 1320 g/mol. The molecule has 14 aromatic rings. The van der Waals surface area contributed by atoms with Crippen LogP contribution in [0.2, 0.25) is 0 Å². The molecular weight excluding hydrogens is 1230 g/mol. The third-order valence-electron chi connectivity index (χ3n) is 21.4. The van der Waals surface area contributed by atoms with E-state index < -0.39 is 0 Å². The van der Waals surface area contributed by atoms with Crippen molar-refractivity contribution in [3.63, 3.8) is 0 Å². The van der Waals surface area contributed by atoms with Gasteiger partial charge in [0.1, 0.15) is 0 Å². The summed E-state index contributed by atoms with van der Waals surface area (Å²) < 4.78 is 5.05. The summed E-state index contributed by atoms with van der Waals surface area (Å²) in [5.74, 6) is 0. The zero-order valence-corrected chi connectivity index (χ0v) is 60.6. The van der Waals surface area contributed by atoms with Gasteiger partial charge in [0, 0.05) is 84.6 Å². The molecule has 0 spiro atoms. The maximum absolute atomic E-state index is 4.13. The molecule has 3 aliphatic rings. The van der Waals surface area contributed by atoms with E-state index in [1.165, 1.54) is 82.3 Å². The summed E-state index contributed by atoms with van der Waals surface area (Å²) in [6.07, 6.45) is 9.29. The lowest BCUT2D eigenvalue weighted by atomic mass is 9.33. The third kappa shape index (κ3) is 11.0. The molecule has 497 valence electrons. The second-order valence-electron chi connectivity index (χ2n) is 32.2. The molecule has 102 heavy (non-hydrogen) atoms. The van der Waals surface area contributed by atoms with Gasteiger partial charge in [0.15, 0.2) is 7.28 Å². The number of benzene rings is 12. The number of fused-ring (bicyclic) bond motifs is 10. The lowest BCUT2D eigenvalue weighted by molar-refractivity contribution is 0.590. The molecule has 12 aromatic carbocycles. The zero-order chi connectivity index (χ0) is 70.1. The van der Waals surface area contributed by atoms with Crippen LogP contribution in [-0.4, -0.2) is 23.1 Å². The normalized spacial score (nSPS) is 14.0. The summed E-state index contributed by atoms with van der Waals surface area (Å²) in [4.78, 5) is 7.52. The fourth-order valence-electron chi connectivity index (χ4n) is 16.0. The summed E-state index contributed by atoms with van der Waals surface area (Å²) in [6, 6.07) is 100. The molecule has 0 bridgehead atoms. The molecule has 3 aliphatic heterocycles. The first-order chi connectivity index (χ1) is 49.1. The van der Waals surface area contributed by atoms with Crippen LogP contribution in [0.3, 0.4) is 0 Å². The Bertz CT molecular complexity index is 5610. The highest BCUT2D eigenvalue weighted by atomic mass is 15.2. The van der Waals surface area contributed by atoms with Crippen molar-refractivity contribution in [3.8, 4) is 11.4 Å². The summed E-state index contributed by atoms with van der Waals surface area (Å²) in [5.41, 5.74) is 29.7. The van der Waals surface area contributed by atoms with Gasteiger partial charge in [-0.15, -0.1) is 0 Å². The van der Waals surface area contributed by atoms with Gasteiger partial charge in [-0.25, -0.2) is 0 Å². The molecule has 17 rings (SSSR count). The van der Waals surface area contributed by atoms with Gasteiger partial charge in [-0.3, -0.25) is 0 Å². The van der Waals surface area contributed by atoms with Crippen molar-refractivity contribution in [2.24, 2.45) is 0 Å². The molecule has 8 heteroatoms. The van der Waals surface area contributed by atoms with Gasteiger partial charge in [-0.1, -0.05) is 246 Å². The number of allylic oxidation sites excluding steroid dienone is 3. The molecule has 5 heterocycles. The number of nitrogens with one attached hydrogen (secondary N) is 1. The Morgan fingerprint density at radius 3 is 1.21 bits per heavy atom. The van der Waals surface area contributed by atoms with Gasteiger partial charge < -0.3 is 29.2 Å². The maximum atomic E-state index is 4.13. The van der Waals surface area contributed by atoms with Crippen LogP contribution in [0.5, 0.6) is 0 Å². The second kappa shape index (κ2) is 24.3. The molecular formula is C94H85B2N6. The van der Waals surface area contributed by atoms with Crippen molar-refractivity contribution in [3.05, 3.63) is 324 Å². The van der Waals surface area contributed by atoms with Gasteiger partial charge in [0.25, 0.3) is 6.71 Å². The molecule has 0 atom stereocenters. The van der Waals surface area contributed by atoms with Gasteiger partial charge in [-0.05, 0) is 199 Å². The molecule has 0 saturated heterocycles. The number of anilines is 9. The van der Waals surface area contributed by atoms with Crippen LogP contribution in [0.1, 0.15) is 111 Å². The quantitative estimate of drug-likeness (QED) is 0.138. The van der Waals surface area contributed by atoms with E-state index in [1.807, 2.05) is 0 Å². The number of rotatable bonds is 10. The van der Waals surface area contributed by atoms with E-state index in [4.69, 9.17) is 0 Å². The van der Waals surface area contributed by atoms with Crippen LogP contribution in [0, 0.1) is 0 Å². The van der Waals surface area contributed by atoms with Crippen molar-refractivity contribution in [1.29, 1.82) is 0 Å². The molecule has 6 nitrogen and oxygen atoms in total. The van der Waals surface area contributed by atoms with E-state index in [1.54, 1.807) is 0 Å². The largest absolute Gasteiger partial charge is 0.362 e. The maximum Gasteiger partial charge on any atom is 0.252 e. The monoisotopic (exact) mass is 1320 g/mol. The number of hydrogen-bond donors (Lipinski definition) is 1. The SMILES string of the molecule is CC(C)(C)c1ccc2c(c1)c1cc(C(C)(C)C)ccc1n2-c1cc(N/C=C/C2=C(/C=C\c3ccccc3)B3c4ccccc4N(c4ccccc4)c4cc(-n5c6ccc(C(C)(C)C)cc6c6cc(C(C)(C)C)ccc65)cc(c43)N2c2ccccc2)c2c(c1)N(c1ccccc1)c1ccccc1[B]2. The van der Waals surface area contributed by atoms with Crippen LogP contribution in [0.4, 0.5) is 51.2 Å². The first-order valence-corrected chi connectivity index (χ1v) is 36.2. The Morgan fingerprint density at radius 1 is 0.333 bits per heavy atom. The van der Waals surface area contributed by atoms with E-state index in [-0.39, 0.29) is 28.4 Å². The average Bonchev–Trinajstić information content (AvgIpc) is 0.748. The van der Waals surface area contributed by atoms with Crippen molar-refractivity contribution in [1.82, 2.24) is 9.13 Å². The predicted octanol–water partition coefficient (Wildman–Crippen LogP) is 22.2. The topological polar surface area (TPSA) is 31.6 Å². The van der Waals surface area contributed by atoms with Crippen LogP contribution < -0.4 is 41.9 Å². The predicted molar refractivity (Wildman–Crippen MR) is 440 cm³/mol. The minimum Gasteiger partial charge on any atom is -0.362 e. The van der Waals surface area contributed by atoms with Crippen LogP contribution in [0.15, 0.2) is 296 Å². The van der Waals surface area contributed by atoms with Crippen molar-refractivity contribution in [2.45, 2.75) is 105 Å². The molecule has 0 unspecified atom stereocenters. The van der Waals surface area contributed by atoms with Crippen molar-refractivity contribution in [2.75, 3.05) is 20.0 Å². The summed E-state index contributed by atoms with van der Waals surface area (Å²) in [7, 11) is 2.38. The third-order valence-corrected chi connectivity index (χ3v) is 21.4. The lowest BCUT2D eigenvalue weighted by Crippen LogP contribution is -2.55. The van der Waals surface area contributed by atoms with Gasteiger partial charge in [0.2, 0.25) is 0 Å². The Balaban J connectivity index is 0.935. The molecule has 1 radical (unpaired) electrons. The molecule has 0 fully saturated rings. The first-order valence-electron chi connectivity index (χ1n) is 36.2. The minimum absolute atomic E-state index is 0.0463. The summed E-state index contributed by atoms with van der Waals surface area (Å²) >= 11 is 0. The van der Waals surface area contributed by atoms with Gasteiger partial charge >= 0.3 is 0 Å². The van der Waals surface area contributed by atoms with E-state index in [0.717, 1.165) is 84.7 Å². The minimum atomic E-state index is -0.199. The Hall–Kier alpha value is -11.2.